The van der Waals surface area contributed by atoms with Gasteiger partial charge in [0.25, 0.3) is 0 Å². The first-order valence-corrected chi connectivity index (χ1v) is 11.9. The monoisotopic (exact) mass is 449 g/mol. The van der Waals surface area contributed by atoms with Crippen molar-refractivity contribution in [3.63, 3.8) is 0 Å². The Morgan fingerprint density at radius 2 is 1.97 bits per heavy atom. The zero-order chi connectivity index (χ0) is 21.8. The maximum absolute atomic E-state index is 12.7. The van der Waals surface area contributed by atoms with Crippen molar-refractivity contribution in [2.75, 3.05) is 38.2 Å². The number of aromatic nitrogens is 2. The molecule has 2 saturated heterocycles. The lowest BCUT2D eigenvalue weighted by Gasteiger charge is -2.35. The highest BCUT2D eigenvalue weighted by Crippen LogP contribution is 2.31. The lowest BCUT2D eigenvalue weighted by Crippen LogP contribution is -2.53. The maximum Gasteiger partial charge on any atom is 0.242 e. The maximum atomic E-state index is 12.7. The van der Waals surface area contributed by atoms with Crippen LogP contribution in [0.2, 0.25) is 0 Å². The normalized spacial score (nSPS) is 19.6. The fraction of sp³-hybridized carbons (Fsp3) is 0.375. The number of thiazole rings is 1. The summed E-state index contributed by atoms with van der Waals surface area (Å²) in [4.78, 5) is 25.2. The van der Waals surface area contributed by atoms with Crippen LogP contribution in [0.1, 0.15) is 24.5 Å². The van der Waals surface area contributed by atoms with Crippen molar-refractivity contribution in [1.82, 2.24) is 20.2 Å². The Morgan fingerprint density at radius 3 is 2.75 bits per heavy atom. The number of morpholine rings is 1. The van der Waals surface area contributed by atoms with Gasteiger partial charge in [-0.1, -0.05) is 47.7 Å². The summed E-state index contributed by atoms with van der Waals surface area (Å²) in [6.07, 6.45) is 3.74. The molecule has 8 heteroatoms. The Balaban J connectivity index is 1.20. The van der Waals surface area contributed by atoms with E-state index in [4.69, 9.17) is 9.72 Å². The SMILES string of the molecule is O=C([C@H]1COCCN1)N1CCC(c2cccc(Nc3ncc(-c4ccccc4)s3)n2)CC1. The fourth-order valence-corrected chi connectivity index (χ4v) is 5.09. The van der Waals surface area contributed by atoms with Crippen molar-refractivity contribution in [3.8, 4) is 10.4 Å². The number of nitrogens with one attached hydrogen (secondary N) is 2. The molecule has 1 atom stereocenters. The second-order valence-electron chi connectivity index (χ2n) is 8.15. The van der Waals surface area contributed by atoms with Crippen LogP contribution < -0.4 is 10.6 Å². The quantitative estimate of drug-likeness (QED) is 0.619. The van der Waals surface area contributed by atoms with Crippen molar-refractivity contribution in [2.45, 2.75) is 24.8 Å². The van der Waals surface area contributed by atoms with Gasteiger partial charge in [0, 0.05) is 37.4 Å². The molecule has 2 aromatic heterocycles. The summed E-state index contributed by atoms with van der Waals surface area (Å²) in [5.74, 6) is 1.32. The predicted octanol–water partition coefficient (Wildman–Crippen LogP) is 3.64. The molecule has 0 aliphatic carbocycles. The molecule has 0 spiro atoms. The van der Waals surface area contributed by atoms with Crippen molar-refractivity contribution in [2.24, 2.45) is 0 Å². The van der Waals surface area contributed by atoms with E-state index in [-0.39, 0.29) is 11.9 Å². The highest BCUT2D eigenvalue weighted by Gasteiger charge is 2.30. The topological polar surface area (TPSA) is 79.4 Å². The molecule has 5 rings (SSSR count). The van der Waals surface area contributed by atoms with Gasteiger partial charge in [-0.2, -0.15) is 0 Å². The number of hydrogen-bond acceptors (Lipinski definition) is 7. The Labute approximate surface area is 191 Å². The number of benzene rings is 1. The van der Waals surface area contributed by atoms with E-state index < -0.39 is 0 Å². The van der Waals surface area contributed by atoms with Crippen LogP contribution in [0.5, 0.6) is 0 Å². The van der Waals surface area contributed by atoms with Gasteiger partial charge in [0.05, 0.1) is 18.1 Å². The van der Waals surface area contributed by atoms with Gasteiger partial charge in [0.2, 0.25) is 5.91 Å². The summed E-state index contributed by atoms with van der Waals surface area (Å²) in [5, 5.41) is 7.44. The minimum atomic E-state index is -0.204. The van der Waals surface area contributed by atoms with Crippen LogP contribution in [0, 0.1) is 0 Å². The summed E-state index contributed by atoms with van der Waals surface area (Å²) in [5.41, 5.74) is 2.23. The molecular formula is C24H27N5O2S. The third-order valence-electron chi connectivity index (χ3n) is 6.01. The lowest BCUT2D eigenvalue weighted by molar-refractivity contribution is -0.137. The van der Waals surface area contributed by atoms with E-state index in [1.165, 1.54) is 0 Å². The number of piperidine rings is 1. The highest BCUT2D eigenvalue weighted by atomic mass is 32.1. The molecule has 7 nitrogen and oxygen atoms in total. The molecule has 4 heterocycles. The van der Waals surface area contributed by atoms with E-state index in [1.807, 2.05) is 41.4 Å². The molecule has 0 saturated carbocycles. The predicted molar refractivity (Wildman–Crippen MR) is 126 cm³/mol. The molecule has 0 radical (unpaired) electrons. The summed E-state index contributed by atoms with van der Waals surface area (Å²) in [6, 6.07) is 16.1. The molecule has 2 fully saturated rings. The molecule has 1 aromatic carbocycles. The average Bonchev–Trinajstić information content (AvgIpc) is 3.33. The van der Waals surface area contributed by atoms with Crippen LogP contribution in [0.3, 0.4) is 0 Å². The molecule has 32 heavy (non-hydrogen) atoms. The number of pyridine rings is 1. The molecule has 1 amide bonds. The van der Waals surface area contributed by atoms with Crippen molar-refractivity contribution in [1.29, 1.82) is 0 Å². The van der Waals surface area contributed by atoms with Gasteiger partial charge in [0.15, 0.2) is 5.13 Å². The number of carbonyl (C=O) groups excluding carboxylic acids is 1. The van der Waals surface area contributed by atoms with Gasteiger partial charge in [0.1, 0.15) is 11.9 Å². The van der Waals surface area contributed by atoms with Crippen molar-refractivity contribution in [3.05, 3.63) is 60.4 Å². The first-order chi connectivity index (χ1) is 15.8. The number of likely N-dealkylation sites (tertiary alicyclic amines) is 1. The zero-order valence-corrected chi connectivity index (χ0v) is 18.7. The molecule has 2 aliphatic heterocycles. The van der Waals surface area contributed by atoms with Gasteiger partial charge in [-0.15, -0.1) is 0 Å². The Morgan fingerprint density at radius 1 is 1.12 bits per heavy atom. The lowest BCUT2D eigenvalue weighted by atomic mass is 9.92. The van der Waals surface area contributed by atoms with Crippen LogP contribution in [0.15, 0.2) is 54.7 Å². The molecule has 166 valence electrons. The third kappa shape index (κ3) is 4.82. The van der Waals surface area contributed by atoms with E-state index >= 15 is 0 Å². The molecule has 2 N–H and O–H groups in total. The summed E-state index contributed by atoms with van der Waals surface area (Å²) >= 11 is 1.62. The number of rotatable bonds is 5. The van der Waals surface area contributed by atoms with Crippen molar-refractivity contribution < 1.29 is 9.53 Å². The van der Waals surface area contributed by atoms with Gasteiger partial charge >= 0.3 is 0 Å². The van der Waals surface area contributed by atoms with E-state index in [2.05, 4.69) is 33.8 Å². The fourth-order valence-electron chi connectivity index (χ4n) is 4.27. The van der Waals surface area contributed by atoms with Crippen LogP contribution in [-0.2, 0) is 9.53 Å². The van der Waals surface area contributed by atoms with Crippen LogP contribution in [-0.4, -0.2) is 59.7 Å². The van der Waals surface area contributed by atoms with E-state index in [0.717, 1.165) is 59.6 Å². The second-order valence-corrected chi connectivity index (χ2v) is 9.18. The minimum absolute atomic E-state index is 0.157. The van der Waals surface area contributed by atoms with Gasteiger partial charge in [-0.05, 0) is 30.5 Å². The Kier molecular flexibility index (Phi) is 6.43. The van der Waals surface area contributed by atoms with Crippen LogP contribution in [0.25, 0.3) is 10.4 Å². The van der Waals surface area contributed by atoms with Gasteiger partial charge in [-0.3, -0.25) is 4.79 Å². The Hall–Kier alpha value is -2.81. The number of anilines is 2. The second kappa shape index (κ2) is 9.77. The summed E-state index contributed by atoms with van der Waals surface area (Å²) < 4.78 is 5.44. The number of hydrogen-bond donors (Lipinski definition) is 2. The first-order valence-electron chi connectivity index (χ1n) is 11.1. The van der Waals surface area contributed by atoms with Crippen LogP contribution in [0.4, 0.5) is 10.9 Å². The average molecular weight is 450 g/mol. The standard InChI is InChI=1S/C24H27N5O2S/c30-23(20-16-31-14-11-25-20)29-12-9-17(10-13-29)19-7-4-8-22(27-19)28-24-26-15-21(32-24)18-5-2-1-3-6-18/h1-8,15,17,20,25H,9-14,16H2,(H,26,27,28)/t20-/m1/s1. The molecule has 0 unspecified atom stereocenters. The highest BCUT2D eigenvalue weighted by molar-refractivity contribution is 7.18. The molecule has 2 aliphatic rings. The molecular weight excluding hydrogens is 422 g/mol. The van der Waals surface area contributed by atoms with E-state index in [0.29, 0.717) is 19.1 Å². The van der Waals surface area contributed by atoms with Gasteiger partial charge in [-0.25, -0.2) is 9.97 Å². The number of amides is 1. The molecule has 0 bridgehead atoms. The summed E-state index contributed by atoms with van der Waals surface area (Å²) in [6.45, 7) is 3.40. The summed E-state index contributed by atoms with van der Waals surface area (Å²) in [7, 11) is 0. The van der Waals surface area contributed by atoms with Crippen molar-refractivity contribution >= 4 is 28.2 Å². The number of ether oxygens (including phenoxy) is 1. The smallest absolute Gasteiger partial charge is 0.242 e. The number of nitrogens with zero attached hydrogens (tertiary/aromatic N) is 3. The minimum Gasteiger partial charge on any atom is -0.378 e. The van der Waals surface area contributed by atoms with E-state index in [9.17, 15) is 4.79 Å². The number of carbonyl (C=O) groups is 1. The van der Waals surface area contributed by atoms with Crippen LogP contribution >= 0.6 is 11.3 Å². The largest absolute Gasteiger partial charge is 0.378 e. The third-order valence-corrected chi connectivity index (χ3v) is 6.98. The van der Waals surface area contributed by atoms with E-state index in [1.54, 1.807) is 11.3 Å². The zero-order valence-electron chi connectivity index (χ0n) is 17.9. The Bertz CT molecular complexity index is 1040. The molecule has 3 aromatic rings. The van der Waals surface area contributed by atoms with Gasteiger partial charge < -0.3 is 20.3 Å². The first kappa shape index (κ1) is 21.1.